The Labute approximate surface area is 138 Å². The first kappa shape index (κ1) is 15.5. The fraction of sp³-hybridized carbons (Fsp3) is 0. The second-order valence-corrected chi connectivity index (χ2v) is 5.32. The Morgan fingerprint density at radius 1 is 0.625 bits per heavy atom. The van der Waals surface area contributed by atoms with E-state index in [9.17, 15) is 14.7 Å². The van der Waals surface area contributed by atoms with Crippen LogP contribution in [0.2, 0.25) is 0 Å². The van der Waals surface area contributed by atoms with Crippen LogP contribution in [0.25, 0.3) is 22.3 Å². The lowest BCUT2D eigenvalue weighted by molar-refractivity contribution is 0.0696. The van der Waals surface area contributed by atoms with E-state index in [1.165, 1.54) is 18.2 Å². The molecule has 3 rings (SSSR count). The van der Waals surface area contributed by atoms with Crippen molar-refractivity contribution in [2.24, 2.45) is 0 Å². The number of aromatic carboxylic acids is 2. The molecule has 0 amide bonds. The van der Waals surface area contributed by atoms with Crippen LogP contribution in [0, 0.1) is 0 Å². The van der Waals surface area contributed by atoms with Crippen molar-refractivity contribution in [1.82, 2.24) is 0 Å². The van der Waals surface area contributed by atoms with Gasteiger partial charge in [0.15, 0.2) is 0 Å². The molecule has 0 fully saturated rings. The summed E-state index contributed by atoms with van der Waals surface area (Å²) in [4.78, 5) is 22.6. The zero-order valence-corrected chi connectivity index (χ0v) is 12.6. The van der Waals surface area contributed by atoms with Gasteiger partial charge in [0.05, 0.1) is 11.1 Å². The molecular formula is C20H14O4. The Morgan fingerprint density at radius 2 is 1.29 bits per heavy atom. The second-order valence-electron chi connectivity index (χ2n) is 5.32. The maximum Gasteiger partial charge on any atom is 0.336 e. The predicted octanol–water partition coefficient (Wildman–Crippen LogP) is 4.42. The van der Waals surface area contributed by atoms with E-state index in [4.69, 9.17) is 5.11 Å². The molecule has 118 valence electrons. The van der Waals surface area contributed by atoms with Crippen molar-refractivity contribution in [3.63, 3.8) is 0 Å². The van der Waals surface area contributed by atoms with Crippen molar-refractivity contribution in [3.05, 3.63) is 83.9 Å². The van der Waals surface area contributed by atoms with E-state index in [1.807, 2.05) is 54.6 Å². The Hall–Kier alpha value is -3.40. The van der Waals surface area contributed by atoms with Crippen molar-refractivity contribution in [2.45, 2.75) is 0 Å². The van der Waals surface area contributed by atoms with E-state index in [-0.39, 0.29) is 11.1 Å². The lowest BCUT2D eigenvalue weighted by Gasteiger charge is -2.10. The standard InChI is InChI=1S/C20H14O4/c21-19(22)16-9-10-17(18(12-16)20(23)24)15-8-4-7-14(11-15)13-5-2-1-3-6-13/h1-12H,(H,21,22)(H,23,24). The Kier molecular flexibility index (Phi) is 4.12. The van der Waals surface area contributed by atoms with Gasteiger partial charge in [-0.3, -0.25) is 0 Å². The minimum Gasteiger partial charge on any atom is -0.478 e. The van der Waals surface area contributed by atoms with Gasteiger partial charge in [0.2, 0.25) is 0 Å². The van der Waals surface area contributed by atoms with Gasteiger partial charge >= 0.3 is 11.9 Å². The van der Waals surface area contributed by atoms with Crippen LogP contribution in [0.5, 0.6) is 0 Å². The Balaban J connectivity index is 2.13. The molecule has 0 aliphatic heterocycles. The first-order valence-electron chi connectivity index (χ1n) is 7.33. The summed E-state index contributed by atoms with van der Waals surface area (Å²) in [6, 6.07) is 21.4. The summed E-state index contributed by atoms with van der Waals surface area (Å²) in [5.41, 5.74) is 3.14. The van der Waals surface area contributed by atoms with E-state index in [0.29, 0.717) is 5.56 Å². The van der Waals surface area contributed by atoms with E-state index < -0.39 is 11.9 Å². The van der Waals surface area contributed by atoms with Crippen molar-refractivity contribution >= 4 is 11.9 Å². The molecule has 0 atom stereocenters. The van der Waals surface area contributed by atoms with Crippen molar-refractivity contribution in [3.8, 4) is 22.3 Å². The topological polar surface area (TPSA) is 74.6 Å². The van der Waals surface area contributed by atoms with Gasteiger partial charge in [0.25, 0.3) is 0 Å². The Bertz CT molecular complexity index is 914. The lowest BCUT2D eigenvalue weighted by Crippen LogP contribution is -2.04. The van der Waals surface area contributed by atoms with Crippen LogP contribution < -0.4 is 0 Å². The average Bonchev–Trinajstić information content (AvgIpc) is 2.62. The van der Waals surface area contributed by atoms with Crippen molar-refractivity contribution in [1.29, 1.82) is 0 Å². The first-order valence-corrected chi connectivity index (χ1v) is 7.33. The molecule has 3 aromatic carbocycles. The highest BCUT2D eigenvalue weighted by molar-refractivity contribution is 5.99. The van der Waals surface area contributed by atoms with Crippen LogP contribution in [0.3, 0.4) is 0 Å². The first-order chi connectivity index (χ1) is 11.6. The zero-order valence-electron chi connectivity index (χ0n) is 12.6. The van der Waals surface area contributed by atoms with Gasteiger partial charge in [-0.1, -0.05) is 54.6 Å². The maximum absolute atomic E-state index is 11.5. The molecule has 3 aromatic rings. The number of carbonyl (C=O) groups is 2. The predicted molar refractivity (Wildman–Crippen MR) is 91.2 cm³/mol. The fourth-order valence-corrected chi connectivity index (χ4v) is 2.60. The van der Waals surface area contributed by atoms with Gasteiger partial charge in [-0.25, -0.2) is 9.59 Å². The Morgan fingerprint density at radius 3 is 1.96 bits per heavy atom. The van der Waals surface area contributed by atoms with Crippen LogP contribution in [0.15, 0.2) is 72.8 Å². The molecule has 2 N–H and O–H groups in total. The fourth-order valence-electron chi connectivity index (χ4n) is 2.60. The molecule has 0 heterocycles. The minimum atomic E-state index is -1.15. The minimum absolute atomic E-state index is 0.0277. The van der Waals surface area contributed by atoms with Crippen molar-refractivity contribution < 1.29 is 19.8 Å². The maximum atomic E-state index is 11.5. The van der Waals surface area contributed by atoms with Crippen LogP contribution in [-0.2, 0) is 0 Å². The van der Waals surface area contributed by atoms with Gasteiger partial charge in [0, 0.05) is 0 Å². The number of hydrogen-bond acceptors (Lipinski definition) is 2. The highest BCUT2D eigenvalue weighted by Crippen LogP contribution is 2.29. The summed E-state index contributed by atoms with van der Waals surface area (Å²) in [6.45, 7) is 0. The molecule has 0 saturated heterocycles. The summed E-state index contributed by atoms with van der Waals surface area (Å²) in [5, 5.41) is 18.5. The second kappa shape index (κ2) is 6.38. The average molecular weight is 318 g/mol. The zero-order chi connectivity index (χ0) is 17.1. The largest absolute Gasteiger partial charge is 0.478 e. The van der Waals surface area contributed by atoms with E-state index in [2.05, 4.69) is 0 Å². The molecule has 0 aromatic heterocycles. The summed E-state index contributed by atoms with van der Waals surface area (Å²) >= 11 is 0. The van der Waals surface area contributed by atoms with Gasteiger partial charge in [0.1, 0.15) is 0 Å². The molecule has 0 saturated carbocycles. The molecule has 0 radical (unpaired) electrons. The quantitative estimate of drug-likeness (QED) is 0.747. The third-order valence-corrected chi connectivity index (χ3v) is 3.78. The van der Waals surface area contributed by atoms with Crippen molar-refractivity contribution in [2.75, 3.05) is 0 Å². The normalized spacial score (nSPS) is 10.3. The van der Waals surface area contributed by atoms with E-state index >= 15 is 0 Å². The molecule has 0 bridgehead atoms. The monoisotopic (exact) mass is 318 g/mol. The highest BCUT2D eigenvalue weighted by Gasteiger charge is 2.15. The molecule has 0 aliphatic carbocycles. The molecular weight excluding hydrogens is 304 g/mol. The molecule has 0 unspecified atom stereocenters. The third kappa shape index (κ3) is 3.03. The number of carboxylic acids is 2. The molecule has 0 spiro atoms. The number of hydrogen-bond donors (Lipinski definition) is 2. The smallest absolute Gasteiger partial charge is 0.336 e. The summed E-state index contributed by atoms with van der Waals surface area (Å²) in [7, 11) is 0. The van der Waals surface area contributed by atoms with Crippen LogP contribution in [-0.4, -0.2) is 22.2 Å². The van der Waals surface area contributed by atoms with Gasteiger partial charge in [-0.05, 0) is 40.5 Å². The molecule has 4 nitrogen and oxygen atoms in total. The molecule has 4 heteroatoms. The highest BCUT2D eigenvalue weighted by atomic mass is 16.4. The number of carboxylic acid groups (broad SMARTS) is 2. The van der Waals surface area contributed by atoms with Crippen LogP contribution in [0.1, 0.15) is 20.7 Å². The number of rotatable bonds is 4. The lowest BCUT2D eigenvalue weighted by atomic mass is 9.94. The van der Waals surface area contributed by atoms with Gasteiger partial charge in [-0.15, -0.1) is 0 Å². The van der Waals surface area contributed by atoms with E-state index in [0.717, 1.165) is 16.7 Å². The third-order valence-electron chi connectivity index (χ3n) is 3.78. The summed E-state index contributed by atoms with van der Waals surface area (Å²) in [5.74, 6) is -2.31. The molecule has 0 aliphatic rings. The van der Waals surface area contributed by atoms with E-state index in [1.54, 1.807) is 0 Å². The SMILES string of the molecule is O=C(O)c1ccc(-c2cccc(-c3ccccc3)c2)c(C(=O)O)c1. The summed E-state index contributed by atoms with van der Waals surface area (Å²) < 4.78 is 0. The van der Waals surface area contributed by atoms with Crippen LogP contribution >= 0.6 is 0 Å². The van der Waals surface area contributed by atoms with Gasteiger partial charge < -0.3 is 10.2 Å². The van der Waals surface area contributed by atoms with Gasteiger partial charge in [-0.2, -0.15) is 0 Å². The molecule has 24 heavy (non-hydrogen) atoms. The summed E-state index contributed by atoms with van der Waals surface area (Å²) in [6.07, 6.45) is 0. The van der Waals surface area contributed by atoms with Crippen LogP contribution in [0.4, 0.5) is 0 Å². The number of benzene rings is 3.